The fraction of sp³-hybridized carbons (Fsp3) is 0.955. The monoisotopic (exact) mass is 421 g/mol. The highest BCUT2D eigenvalue weighted by Gasteiger charge is 2.38. The van der Waals surface area contributed by atoms with Crippen molar-refractivity contribution in [3.05, 3.63) is 0 Å². The molecule has 0 aliphatic heterocycles. The van der Waals surface area contributed by atoms with Gasteiger partial charge in [-0.25, -0.2) is 4.79 Å². The van der Waals surface area contributed by atoms with Crippen molar-refractivity contribution in [1.82, 2.24) is 6.15 Å². The molecular formula is C22H47NO6. The quantitative estimate of drug-likeness (QED) is 0.112. The van der Waals surface area contributed by atoms with Crippen molar-refractivity contribution in [2.75, 3.05) is 6.61 Å². The number of carbonyl (C=O) groups excluding carboxylic acids is 1. The minimum atomic E-state index is -2.34. The highest BCUT2D eigenvalue weighted by Crippen LogP contribution is 2.21. The lowest BCUT2D eigenvalue weighted by Gasteiger charge is -2.29. The van der Waals surface area contributed by atoms with Crippen LogP contribution in [0.5, 0.6) is 0 Å². The molecule has 0 spiro atoms. The molecular weight excluding hydrogens is 374 g/mol. The summed E-state index contributed by atoms with van der Waals surface area (Å²) in [6.07, 6.45) is 17.3. The molecule has 176 valence electrons. The first-order valence-corrected chi connectivity index (χ1v) is 11.4. The maximum Gasteiger partial charge on any atom is 0.334 e. The highest BCUT2D eigenvalue weighted by molar-refractivity contribution is 5.70. The standard InChI is InChI=1S/C22H44O6.H3N/c1-2-3-4-5-6-7-8-9-10-11-12-13-14-15-16-17-18-22(27,21(25)26)28-20(24)19-23;/h21,23,25-27H,2-19H2,1H3;1H3. The molecule has 7 nitrogen and oxygen atoms in total. The Morgan fingerprint density at radius 2 is 1.10 bits per heavy atom. The zero-order valence-corrected chi connectivity index (χ0v) is 18.6. The van der Waals surface area contributed by atoms with Gasteiger partial charge in [-0.3, -0.25) is 0 Å². The number of hydrogen-bond acceptors (Lipinski definition) is 7. The van der Waals surface area contributed by atoms with Crippen LogP contribution >= 0.6 is 0 Å². The van der Waals surface area contributed by atoms with Crippen LogP contribution in [0, 0.1) is 0 Å². The molecule has 0 rings (SSSR count). The number of hydrogen-bond donors (Lipinski definition) is 5. The Bertz CT molecular complexity index is 367. The van der Waals surface area contributed by atoms with E-state index in [9.17, 15) is 20.1 Å². The van der Waals surface area contributed by atoms with Crippen molar-refractivity contribution in [2.24, 2.45) is 0 Å². The molecule has 0 radical (unpaired) electrons. The molecule has 0 aromatic heterocycles. The molecule has 0 aromatic rings. The lowest BCUT2D eigenvalue weighted by molar-refractivity contribution is -0.301. The molecule has 7 N–H and O–H groups in total. The summed E-state index contributed by atoms with van der Waals surface area (Å²) in [6, 6.07) is 0. The van der Waals surface area contributed by atoms with E-state index < -0.39 is 24.7 Å². The first kappa shape index (κ1) is 30.5. The molecule has 0 aliphatic carbocycles. The van der Waals surface area contributed by atoms with E-state index in [-0.39, 0.29) is 12.6 Å². The summed E-state index contributed by atoms with van der Waals surface area (Å²) in [7, 11) is 0. The number of aliphatic hydroxyl groups is 4. The minimum absolute atomic E-state index is 0. The van der Waals surface area contributed by atoms with E-state index >= 15 is 0 Å². The molecule has 7 heteroatoms. The highest BCUT2D eigenvalue weighted by atomic mass is 16.7. The average molecular weight is 422 g/mol. The summed E-state index contributed by atoms with van der Waals surface area (Å²) >= 11 is 0. The van der Waals surface area contributed by atoms with Gasteiger partial charge in [-0.1, -0.05) is 103 Å². The molecule has 0 aliphatic rings. The third-order valence-corrected chi connectivity index (χ3v) is 5.21. The number of ether oxygens (including phenoxy) is 1. The van der Waals surface area contributed by atoms with Crippen LogP contribution in [0.4, 0.5) is 0 Å². The number of rotatable bonds is 20. The lowest BCUT2D eigenvalue weighted by Crippen LogP contribution is -2.47. The summed E-state index contributed by atoms with van der Waals surface area (Å²) in [5.41, 5.74) is 0. The number of unbranched alkanes of at least 4 members (excludes halogenated alkanes) is 15. The van der Waals surface area contributed by atoms with Crippen molar-refractivity contribution in [3.63, 3.8) is 0 Å². The fourth-order valence-corrected chi connectivity index (χ4v) is 3.39. The molecule has 0 aromatic carbocycles. The van der Waals surface area contributed by atoms with E-state index in [1.807, 2.05) is 0 Å². The van der Waals surface area contributed by atoms with Crippen molar-refractivity contribution in [2.45, 2.75) is 128 Å². The van der Waals surface area contributed by atoms with E-state index in [2.05, 4.69) is 11.7 Å². The summed E-state index contributed by atoms with van der Waals surface area (Å²) < 4.78 is 4.54. The normalized spacial score (nSPS) is 13.2. The largest absolute Gasteiger partial charge is 0.426 e. The van der Waals surface area contributed by atoms with Gasteiger partial charge in [0.2, 0.25) is 6.29 Å². The third kappa shape index (κ3) is 17.8. The van der Waals surface area contributed by atoms with Gasteiger partial charge in [0.15, 0.2) is 0 Å². The van der Waals surface area contributed by atoms with Gasteiger partial charge in [0, 0.05) is 6.42 Å². The van der Waals surface area contributed by atoms with Gasteiger partial charge in [-0.15, -0.1) is 0 Å². The summed E-state index contributed by atoms with van der Waals surface area (Å²) in [5, 5.41) is 37.0. The van der Waals surface area contributed by atoms with Crippen LogP contribution in [-0.4, -0.2) is 45.1 Å². The lowest BCUT2D eigenvalue weighted by atomic mass is 10.0. The molecule has 1 atom stereocenters. The molecule has 0 heterocycles. The first-order valence-electron chi connectivity index (χ1n) is 11.4. The van der Waals surface area contributed by atoms with Crippen molar-refractivity contribution >= 4 is 5.97 Å². The van der Waals surface area contributed by atoms with E-state index in [4.69, 9.17) is 5.11 Å². The Labute approximate surface area is 177 Å². The Kier molecular flexibility index (Phi) is 21.6. The Balaban J connectivity index is 0. The predicted octanol–water partition coefficient (Wildman–Crippen LogP) is 4.33. The second-order valence-corrected chi connectivity index (χ2v) is 7.90. The van der Waals surface area contributed by atoms with Crippen LogP contribution in [0.15, 0.2) is 0 Å². The number of aliphatic hydroxyl groups excluding tert-OH is 2. The van der Waals surface area contributed by atoms with Crippen molar-refractivity contribution in [1.29, 1.82) is 0 Å². The summed E-state index contributed by atoms with van der Waals surface area (Å²) in [5.74, 6) is -3.41. The zero-order chi connectivity index (χ0) is 21.1. The maximum absolute atomic E-state index is 11.0. The van der Waals surface area contributed by atoms with Crippen LogP contribution < -0.4 is 6.15 Å². The molecule has 1 unspecified atom stereocenters. The summed E-state index contributed by atoms with van der Waals surface area (Å²) in [6.45, 7) is 1.34. The van der Waals surface area contributed by atoms with Crippen LogP contribution in [-0.2, 0) is 9.53 Å². The van der Waals surface area contributed by atoms with Gasteiger partial charge in [-0.2, -0.15) is 0 Å². The number of esters is 1. The second kappa shape index (κ2) is 20.5. The molecule has 0 saturated heterocycles. The Morgan fingerprint density at radius 1 is 0.759 bits per heavy atom. The van der Waals surface area contributed by atoms with Gasteiger partial charge in [0.05, 0.1) is 0 Å². The van der Waals surface area contributed by atoms with E-state index in [0.29, 0.717) is 6.42 Å². The van der Waals surface area contributed by atoms with Gasteiger partial charge in [0.25, 0.3) is 5.79 Å². The van der Waals surface area contributed by atoms with Crippen LogP contribution in [0.25, 0.3) is 0 Å². The molecule has 29 heavy (non-hydrogen) atoms. The maximum atomic E-state index is 11.0. The fourth-order valence-electron chi connectivity index (χ4n) is 3.39. The van der Waals surface area contributed by atoms with E-state index in [1.165, 1.54) is 77.0 Å². The van der Waals surface area contributed by atoms with Crippen LogP contribution in [0.3, 0.4) is 0 Å². The SMILES string of the molecule is CCCCCCCCCCCCCCCCCCC(O)(OC(=O)CO)C(O)O.N. The Hall–Kier alpha value is -0.730. The van der Waals surface area contributed by atoms with Gasteiger partial charge in [-0.05, 0) is 6.42 Å². The Morgan fingerprint density at radius 3 is 1.41 bits per heavy atom. The van der Waals surface area contributed by atoms with Crippen molar-refractivity contribution < 1.29 is 30.0 Å². The van der Waals surface area contributed by atoms with Gasteiger partial charge in [0.1, 0.15) is 6.61 Å². The predicted molar refractivity (Wildman–Crippen MR) is 116 cm³/mol. The first-order chi connectivity index (χ1) is 13.5. The topological polar surface area (TPSA) is 142 Å². The van der Waals surface area contributed by atoms with E-state index in [1.54, 1.807) is 0 Å². The van der Waals surface area contributed by atoms with Crippen molar-refractivity contribution in [3.8, 4) is 0 Å². The molecule has 0 bridgehead atoms. The van der Waals surface area contributed by atoms with E-state index in [0.717, 1.165) is 19.3 Å². The van der Waals surface area contributed by atoms with Gasteiger partial charge < -0.3 is 31.3 Å². The average Bonchev–Trinajstić information content (AvgIpc) is 2.67. The molecule has 0 saturated carbocycles. The van der Waals surface area contributed by atoms with Gasteiger partial charge >= 0.3 is 5.97 Å². The zero-order valence-electron chi connectivity index (χ0n) is 18.6. The smallest absolute Gasteiger partial charge is 0.334 e. The minimum Gasteiger partial charge on any atom is -0.426 e. The molecule has 0 amide bonds. The molecule has 0 fully saturated rings. The van der Waals surface area contributed by atoms with Crippen LogP contribution in [0.1, 0.15) is 116 Å². The van der Waals surface area contributed by atoms with Crippen LogP contribution in [0.2, 0.25) is 0 Å². The third-order valence-electron chi connectivity index (χ3n) is 5.21. The number of carbonyl (C=O) groups is 1. The second-order valence-electron chi connectivity index (χ2n) is 7.90. The summed E-state index contributed by atoms with van der Waals surface area (Å²) in [4.78, 5) is 11.0.